The Labute approximate surface area is 230 Å². The average molecular weight is 606 g/mol. The summed E-state index contributed by atoms with van der Waals surface area (Å²) in [6, 6.07) is 7.76. The summed E-state index contributed by atoms with van der Waals surface area (Å²) in [6.45, 7) is 0.201. The number of nitrogens with one attached hydrogen (secondary N) is 1. The van der Waals surface area contributed by atoms with E-state index in [2.05, 4.69) is 4.74 Å². The zero-order valence-electron chi connectivity index (χ0n) is 21.3. The first-order chi connectivity index (χ1) is 19.1. The number of aliphatic hydroxyl groups excluding tert-OH is 1. The number of rotatable bonds is 8. The molecule has 4 aromatic rings. The summed E-state index contributed by atoms with van der Waals surface area (Å²) in [6.07, 6.45) is -13.1. The lowest BCUT2D eigenvalue weighted by Gasteiger charge is -2.16. The molecule has 0 saturated heterocycles. The number of halogens is 6. The summed E-state index contributed by atoms with van der Waals surface area (Å²) in [4.78, 5) is 26.8. The molecule has 2 N–H and O–H groups in total. The Kier molecular flexibility index (Phi) is 8.00. The highest BCUT2D eigenvalue weighted by Crippen LogP contribution is 2.43. The van der Waals surface area contributed by atoms with Gasteiger partial charge in [-0.3, -0.25) is 14.3 Å². The number of hydrogen-bond donors (Lipinski definition) is 2. The molecule has 2 heterocycles. The number of aliphatic hydroxyl groups is 1. The molecule has 0 aliphatic carbocycles. The average Bonchev–Trinajstić information content (AvgIpc) is 3.23. The molecule has 0 aliphatic rings. The van der Waals surface area contributed by atoms with Gasteiger partial charge in [-0.25, -0.2) is 4.79 Å². The van der Waals surface area contributed by atoms with Crippen LogP contribution >= 0.6 is 11.3 Å². The number of nitrogens with zero attached hydrogens (tertiary/aromatic N) is 1. The van der Waals surface area contributed by atoms with Crippen LogP contribution in [0.4, 0.5) is 26.3 Å². The van der Waals surface area contributed by atoms with Gasteiger partial charge in [0, 0.05) is 10.9 Å². The van der Waals surface area contributed by atoms with Gasteiger partial charge in [0.05, 0.1) is 26.2 Å². The van der Waals surface area contributed by atoms with Crippen LogP contribution in [-0.2, 0) is 6.54 Å². The summed E-state index contributed by atoms with van der Waals surface area (Å²) in [5.74, 6) is -0.439. The normalized spacial score (nSPS) is 12.8. The first kappa shape index (κ1) is 29.8. The van der Waals surface area contributed by atoms with Crippen LogP contribution in [-0.4, -0.2) is 47.5 Å². The van der Waals surface area contributed by atoms with Crippen molar-refractivity contribution < 1.29 is 50.4 Å². The van der Waals surface area contributed by atoms with Crippen LogP contribution in [0.2, 0.25) is 0 Å². The van der Waals surface area contributed by atoms with Crippen molar-refractivity contribution in [3.05, 3.63) is 62.8 Å². The minimum Gasteiger partial charge on any atom is -0.493 e. The predicted molar refractivity (Wildman–Crippen MR) is 135 cm³/mol. The molecular weight excluding hydrogens is 586 g/mol. The van der Waals surface area contributed by atoms with Gasteiger partial charge in [0.15, 0.2) is 29.1 Å². The third-order valence-corrected chi connectivity index (χ3v) is 7.18. The number of benzene rings is 2. The van der Waals surface area contributed by atoms with Crippen LogP contribution in [0.3, 0.4) is 0 Å². The standard InChI is InChI=1S/C25H20F6N2O7S/c1-11-19-21(35)32-23(36)33(10-18(34)24(26,27)28)22(19)41-20(11)12-4-6-15(17(8-12)40-25(29,30)31)39-13-5-7-14(37-2)16(9-13)38-3/h4-9,18,34H,10H2,1-3H3,(H,32,35,36). The van der Waals surface area contributed by atoms with E-state index in [1.165, 1.54) is 51.5 Å². The number of aryl methyl sites for hydroxylation is 1. The highest BCUT2D eigenvalue weighted by atomic mass is 32.1. The molecule has 16 heteroatoms. The van der Waals surface area contributed by atoms with E-state index in [4.69, 9.17) is 14.2 Å². The molecule has 0 spiro atoms. The van der Waals surface area contributed by atoms with Gasteiger partial charge in [-0.15, -0.1) is 24.5 Å². The first-order valence-electron chi connectivity index (χ1n) is 11.4. The van der Waals surface area contributed by atoms with Crippen LogP contribution < -0.4 is 30.2 Å². The van der Waals surface area contributed by atoms with Gasteiger partial charge in [-0.05, 0) is 48.4 Å². The molecule has 0 fully saturated rings. The molecule has 9 nitrogen and oxygen atoms in total. The van der Waals surface area contributed by atoms with Crippen LogP contribution in [0, 0.1) is 6.92 Å². The van der Waals surface area contributed by atoms with Crippen LogP contribution in [0.15, 0.2) is 46.0 Å². The molecule has 0 aliphatic heterocycles. The third kappa shape index (κ3) is 6.27. The topological polar surface area (TPSA) is 112 Å². The summed E-state index contributed by atoms with van der Waals surface area (Å²) >= 11 is 0.687. The molecule has 1 atom stereocenters. The number of H-pyrrole nitrogens is 1. The number of ether oxygens (including phenoxy) is 4. The van der Waals surface area contributed by atoms with E-state index < -0.39 is 42.2 Å². The van der Waals surface area contributed by atoms with Crippen LogP contribution in [0.5, 0.6) is 28.7 Å². The molecule has 41 heavy (non-hydrogen) atoms. The monoisotopic (exact) mass is 606 g/mol. The Hall–Kier alpha value is -4.18. The van der Waals surface area contributed by atoms with Crippen molar-refractivity contribution in [3.63, 3.8) is 0 Å². The Morgan fingerprint density at radius 3 is 2.22 bits per heavy atom. The zero-order valence-corrected chi connectivity index (χ0v) is 22.1. The number of methoxy groups -OCH3 is 2. The summed E-state index contributed by atoms with van der Waals surface area (Å²) in [5.41, 5.74) is -1.85. The maximum absolute atomic E-state index is 13.3. The van der Waals surface area contributed by atoms with E-state index in [-0.39, 0.29) is 43.5 Å². The van der Waals surface area contributed by atoms with Crippen LogP contribution in [0.1, 0.15) is 5.56 Å². The SMILES string of the molecule is COc1ccc(Oc2ccc(-c3sc4c(c3C)c(=O)[nH]c(=O)n4CC(O)C(F)(F)F)cc2OC(F)(F)F)cc1OC. The Morgan fingerprint density at radius 2 is 1.61 bits per heavy atom. The fourth-order valence-corrected chi connectivity index (χ4v) is 5.25. The minimum atomic E-state index is -5.13. The summed E-state index contributed by atoms with van der Waals surface area (Å²) in [5, 5.41) is 9.36. The van der Waals surface area contributed by atoms with Gasteiger partial charge < -0.3 is 24.1 Å². The van der Waals surface area contributed by atoms with Crippen molar-refractivity contribution in [2.45, 2.75) is 32.1 Å². The van der Waals surface area contributed by atoms with Crippen molar-refractivity contribution in [1.29, 1.82) is 0 Å². The van der Waals surface area contributed by atoms with Gasteiger partial charge in [0.2, 0.25) is 0 Å². The fraction of sp³-hybridized carbons (Fsp3) is 0.280. The second-order valence-electron chi connectivity index (χ2n) is 8.49. The van der Waals surface area contributed by atoms with E-state index in [0.717, 1.165) is 6.07 Å². The predicted octanol–water partition coefficient (Wildman–Crippen LogP) is 5.36. The van der Waals surface area contributed by atoms with Crippen LogP contribution in [0.25, 0.3) is 20.7 Å². The number of thiophene rings is 1. The zero-order chi connectivity index (χ0) is 30.3. The molecule has 0 bridgehead atoms. The van der Waals surface area contributed by atoms with Gasteiger partial charge in [0.25, 0.3) is 5.56 Å². The largest absolute Gasteiger partial charge is 0.573 e. The smallest absolute Gasteiger partial charge is 0.493 e. The Bertz CT molecular complexity index is 1710. The highest BCUT2D eigenvalue weighted by Gasteiger charge is 2.39. The second kappa shape index (κ2) is 11.0. The molecule has 0 saturated carbocycles. The summed E-state index contributed by atoms with van der Waals surface area (Å²) in [7, 11) is 2.75. The van der Waals surface area contributed by atoms with Gasteiger partial charge >= 0.3 is 18.2 Å². The Balaban J connectivity index is 1.83. The number of fused-ring (bicyclic) bond motifs is 1. The number of aromatic amines is 1. The maximum atomic E-state index is 13.3. The van der Waals surface area contributed by atoms with E-state index in [1.54, 1.807) is 0 Å². The highest BCUT2D eigenvalue weighted by molar-refractivity contribution is 7.22. The van der Waals surface area contributed by atoms with Crippen molar-refractivity contribution in [2.24, 2.45) is 0 Å². The summed E-state index contributed by atoms with van der Waals surface area (Å²) < 4.78 is 99.5. The van der Waals surface area contributed by atoms with E-state index in [0.29, 0.717) is 21.7 Å². The van der Waals surface area contributed by atoms with Crippen molar-refractivity contribution in [3.8, 4) is 39.2 Å². The van der Waals surface area contributed by atoms with Gasteiger partial charge in [-0.1, -0.05) is 0 Å². The van der Waals surface area contributed by atoms with Crippen molar-refractivity contribution >= 4 is 21.6 Å². The lowest BCUT2D eigenvalue weighted by Crippen LogP contribution is -2.38. The Morgan fingerprint density at radius 1 is 0.951 bits per heavy atom. The second-order valence-corrected chi connectivity index (χ2v) is 9.49. The fourth-order valence-electron chi connectivity index (χ4n) is 3.94. The molecule has 2 aromatic carbocycles. The van der Waals surface area contributed by atoms with Gasteiger partial charge in [-0.2, -0.15) is 13.2 Å². The molecule has 2 aromatic heterocycles. The molecule has 220 valence electrons. The van der Waals surface area contributed by atoms with E-state index >= 15 is 0 Å². The quantitative estimate of drug-likeness (QED) is 0.260. The van der Waals surface area contributed by atoms with E-state index in [9.17, 15) is 41.0 Å². The molecule has 0 radical (unpaired) electrons. The lowest BCUT2D eigenvalue weighted by molar-refractivity contribution is -0.275. The first-order valence-corrected chi connectivity index (χ1v) is 12.3. The van der Waals surface area contributed by atoms with Crippen molar-refractivity contribution in [2.75, 3.05) is 14.2 Å². The van der Waals surface area contributed by atoms with Crippen molar-refractivity contribution in [1.82, 2.24) is 9.55 Å². The molecule has 0 amide bonds. The molecule has 1 unspecified atom stereocenters. The lowest BCUT2D eigenvalue weighted by atomic mass is 10.1. The van der Waals surface area contributed by atoms with E-state index in [1.807, 2.05) is 4.98 Å². The molecular formula is C25H20F6N2O7S. The number of alkyl halides is 6. The third-order valence-electron chi connectivity index (χ3n) is 5.81. The number of aromatic nitrogens is 2. The maximum Gasteiger partial charge on any atom is 0.573 e. The minimum absolute atomic E-state index is 0.0809. The van der Waals surface area contributed by atoms with Gasteiger partial charge in [0.1, 0.15) is 10.6 Å². The number of hydrogen-bond acceptors (Lipinski definition) is 8. The molecule has 4 rings (SSSR count).